The maximum atomic E-state index is 12.6. The van der Waals surface area contributed by atoms with Crippen molar-refractivity contribution in [2.45, 2.75) is 30.3 Å². The number of rotatable bonds is 5. The molecule has 0 aliphatic heterocycles. The molecule has 1 N–H and O–H groups in total. The Labute approximate surface area is 93.7 Å². The minimum absolute atomic E-state index is 0.210. The van der Waals surface area contributed by atoms with E-state index in [4.69, 9.17) is 0 Å². The molecule has 1 aromatic carbocycles. The summed E-state index contributed by atoms with van der Waals surface area (Å²) in [6.07, 6.45) is 3.26. The van der Waals surface area contributed by atoms with Gasteiger partial charge in [0.2, 0.25) is 0 Å². The molecule has 0 spiro atoms. The van der Waals surface area contributed by atoms with Crippen LogP contribution in [-0.4, -0.2) is 17.0 Å². The molecule has 0 bridgehead atoms. The molecule has 1 nitrogen and oxygen atoms in total. The third-order valence-electron chi connectivity index (χ3n) is 2.56. The van der Waals surface area contributed by atoms with Gasteiger partial charge in [0, 0.05) is 10.6 Å². The van der Waals surface area contributed by atoms with Crippen LogP contribution in [0, 0.1) is 11.7 Å². The molecule has 1 atom stereocenters. The molecule has 1 aromatic rings. The first-order chi connectivity index (χ1) is 7.24. The zero-order valence-electron chi connectivity index (χ0n) is 8.53. The lowest BCUT2D eigenvalue weighted by atomic mass is 10.2. The summed E-state index contributed by atoms with van der Waals surface area (Å²) in [5.74, 6) is 1.26. The highest BCUT2D eigenvalue weighted by atomic mass is 32.2. The smallest absolute Gasteiger partial charge is 0.123 e. The Hall–Kier alpha value is -0.540. The fourth-order valence-corrected chi connectivity index (χ4v) is 2.38. The Morgan fingerprint density at radius 2 is 2.00 bits per heavy atom. The predicted molar refractivity (Wildman–Crippen MR) is 60.5 cm³/mol. The Balaban J connectivity index is 1.74. The molecule has 1 fully saturated rings. The van der Waals surface area contributed by atoms with E-state index in [1.165, 1.54) is 25.0 Å². The van der Waals surface area contributed by atoms with E-state index in [0.29, 0.717) is 5.75 Å². The van der Waals surface area contributed by atoms with Crippen LogP contribution in [0.1, 0.15) is 19.3 Å². The van der Waals surface area contributed by atoms with E-state index in [9.17, 15) is 9.50 Å². The van der Waals surface area contributed by atoms with Gasteiger partial charge in [0.25, 0.3) is 0 Å². The van der Waals surface area contributed by atoms with Crippen LogP contribution in [0.15, 0.2) is 29.2 Å². The average Bonchev–Trinajstić information content (AvgIpc) is 3.01. The van der Waals surface area contributed by atoms with Gasteiger partial charge < -0.3 is 5.11 Å². The number of hydrogen-bond acceptors (Lipinski definition) is 2. The highest BCUT2D eigenvalue weighted by Gasteiger charge is 2.24. The zero-order valence-corrected chi connectivity index (χ0v) is 9.34. The van der Waals surface area contributed by atoms with Crippen LogP contribution in [-0.2, 0) is 0 Å². The van der Waals surface area contributed by atoms with Gasteiger partial charge in [-0.2, -0.15) is 0 Å². The largest absolute Gasteiger partial charge is 0.392 e. The van der Waals surface area contributed by atoms with Crippen molar-refractivity contribution in [2.24, 2.45) is 5.92 Å². The highest BCUT2D eigenvalue weighted by Crippen LogP contribution is 2.34. The van der Waals surface area contributed by atoms with Crippen molar-refractivity contribution < 1.29 is 9.50 Å². The van der Waals surface area contributed by atoms with Crippen molar-refractivity contribution in [3.05, 3.63) is 30.1 Å². The summed E-state index contributed by atoms with van der Waals surface area (Å²) in [5.41, 5.74) is 0. The fourth-order valence-electron chi connectivity index (χ4n) is 1.53. The molecular weight excluding hydrogens is 211 g/mol. The van der Waals surface area contributed by atoms with Crippen molar-refractivity contribution in [1.29, 1.82) is 0 Å². The summed E-state index contributed by atoms with van der Waals surface area (Å²) in [6.45, 7) is 0. The van der Waals surface area contributed by atoms with Crippen LogP contribution < -0.4 is 0 Å². The molecule has 0 radical (unpaired) electrons. The number of thioether (sulfide) groups is 1. The van der Waals surface area contributed by atoms with Gasteiger partial charge in [-0.3, -0.25) is 0 Å². The summed E-state index contributed by atoms with van der Waals surface area (Å²) < 4.78 is 12.6. The van der Waals surface area contributed by atoms with Crippen molar-refractivity contribution >= 4 is 11.8 Å². The first-order valence-electron chi connectivity index (χ1n) is 5.30. The second kappa shape index (κ2) is 4.99. The van der Waals surface area contributed by atoms with Gasteiger partial charge in [-0.25, -0.2) is 4.39 Å². The highest BCUT2D eigenvalue weighted by molar-refractivity contribution is 7.99. The SMILES string of the molecule is OC(CSc1ccc(F)cc1)CC1CC1. The van der Waals surface area contributed by atoms with Gasteiger partial charge in [-0.1, -0.05) is 12.8 Å². The first kappa shape index (κ1) is 11.0. The summed E-state index contributed by atoms with van der Waals surface area (Å²) >= 11 is 1.59. The molecule has 82 valence electrons. The van der Waals surface area contributed by atoms with E-state index in [1.54, 1.807) is 23.9 Å². The van der Waals surface area contributed by atoms with Gasteiger partial charge in [0.05, 0.1) is 6.10 Å². The van der Waals surface area contributed by atoms with Gasteiger partial charge in [0.15, 0.2) is 0 Å². The number of benzene rings is 1. The lowest BCUT2D eigenvalue weighted by Gasteiger charge is -2.08. The average molecular weight is 226 g/mol. The lowest BCUT2D eigenvalue weighted by molar-refractivity contribution is 0.182. The second-order valence-electron chi connectivity index (χ2n) is 4.10. The third kappa shape index (κ3) is 3.84. The quantitative estimate of drug-likeness (QED) is 0.779. The van der Waals surface area contributed by atoms with Crippen molar-refractivity contribution in [3.63, 3.8) is 0 Å². The second-order valence-corrected chi connectivity index (χ2v) is 5.19. The summed E-state index contributed by atoms with van der Waals surface area (Å²) in [6, 6.07) is 6.42. The van der Waals surface area contributed by atoms with Gasteiger partial charge in [0.1, 0.15) is 5.82 Å². The number of aliphatic hydroxyl groups is 1. The minimum atomic E-state index is -0.215. The first-order valence-corrected chi connectivity index (χ1v) is 6.29. The van der Waals surface area contributed by atoms with E-state index in [2.05, 4.69) is 0 Å². The molecule has 3 heteroatoms. The molecule has 1 aliphatic carbocycles. The van der Waals surface area contributed by atoms with Crippen LogP contribution in [0.2, 0.25) is 0 Å². The van der Waals surface area contributed by atoms with E-state index >= 15 is 0 Å². The lowest BCUT2D eigenvalue weighted by Crippen LogP contribution is -2.10. The predicted octanol–water partition coefficient (Wildman–Crippen LogP) is 3.08. The third-order valence-corrected chi connectivity index (χ3v) is 3.72. The molecule has 0 heterocycles. The summed E-state index contributed by atoms with van der Waals surface area (Å²) in [4.78, 5) is 1.02. The van der Waals surface area contributed by atoms with Crippen LogP contribution in [0.3, 0.4) is 0 Å². The number of hydrogen-bond donors (Lipinski definition) is 1. The topological polar surface area (TPSA) is 20.2 Å². The Morgan fingerprint density at radius 3 is 2.60 bits per heavy atom. The zero-order chi connectivity index (χ0) is 10.7. The van der Waals surface area contributed by atoms with E-state index in [1.807, 2.05) is 0 Å². The molecule has 15 heavy (non-hydrogen) atoms. The van der Waals surface area contributed by atoms with Crippen LogP contribution in [0.5, 0.6) is 0 Å². The van der Waals surface area contributed by atoms with Gasteiger partial charge in [-0.05, 0) is 36.6 Å². The van der Waals surface area contributed by atoms with Gasteiger partial charge >= 0.3 is 0 Å². The van der Waals surface area contributed by atoms with Crippen molar-refractivity contribution in [3.8, 4) is 0 Å². The molecule has 1 aliphatic rings. The minimum Gasteiger partial charge on any atom is -0.392 e. The molecule has 2 rings (SSSR count). The van der Waals surface area contributed by atoms with Crippen LogP contribution in [0.4, 0.5) is 4.39 Å². The Kier molecular flexibility index (Phi) is 3.65. The normalized spacial score (nSPS) is 17.7. The molecule has 0 amide bonds. The standard InChI is InChI=1S/C12H15FOS/c13-10-3-5-12(6-4-10)15-8-11(14)7-9-1-2-9/h3-6,9,11,14H,1-2,7-8H2. The van der Waals surface area contributed by atoms with E-state index in [-0.39, 0.29) is 11.9 Å². The van der Waals surface area contributed by atoms with E-state index < -0.39 is 0 Å². The van der Waals surface area contributed by atoms with Gasteiger partial charge in [-0.15, -0.1) is 11.8 Å². The molecule has 1 saturated carbocycles. The summed E-state index contributed by atoms with van der Waals surface area (Å²) in [7, 11) is 0. The Bertz CT molecular complexity index is 308. The molecule has 1 unspecified atom stereocenters. The van der Waals surface area contributed by atoms with Crippen LogP contribution in [0.25, 0.3) is 0 Å². The molecule has 0 aromatic heterocycles. The number of aliphatic hydroxyl groups excluding tert-OH is 1. The van der Waals surface area contributed by atoms with Crippen molar-refractivity contribution in [1.82, 2.24) is 0 Å². The monoisotopic (exact) mass is 226 g/mol. The maximum Gasteiger partial charge on any atom is 0.123 e. The van der Waals surface area contributed by atoms with E-state index in [0.717, 1.165) is 17.2 Å². The molecular formula is C12H15FOS. The number of halogens is 1. The molecule has 0 saturated heterocycles. The summed E-state index contributed by atoms with van der Waals surface area (Å²) in [5, 5.41) is 9.68. The maximum absolute atomic E-state index is 12.6. The fraction of sp³-hybridized carbons (Fsp3) is 0.500. The van der Waals surface area contributed by atoms with Crippen LogP contribution >= 0.6 is 11.8 Å². The Morgan fingerprint density at radius 1 is 1.33 bits per heavy atom. The van der Waals surface area contributed by atoms with Crippen molar-refractivity contribution in [2.75, 3.05) is 5.75 Å².